The molecule has 11 heteroatoms. The van der Waals surface area contributed by atoms with E-state index in [1.54, 1.807) is 7.05 Å². The molecule has 0 spiro atoms. The summed E-state index contributed by atoms with van der Waals surface area (Å²) in [4.78, 5) is 6.32. The van der Waals surface area contributed by atoms with Crippen molar-refractivity contribution in [2.24, 2.45) is 4.99 Å². The second kappa shape index (κ2) is 10.3. The van der Waals surface area contributed by atoms with Crippen molar-refractivity contribution < 1.29 is 21.6 Å². The van der Waals surface area contributed by atoms with E-state index in [9.17, 15) is 21.6 Å². The lowest BCUT2D eigenvalue weighted by molar-refractivity contribution is -0.0494. The molecule has 7 nitrogen and oxygen atoms in total. The summed E-state index contributed by atoms with van der Waals surface area (Å²) in [5.41, 5.74) is -5.24. The Morgan fingerprint density at radius 2 is 1.88 bits per heavy atom. The van der Waals surface area contributed by atoms with Crippen LogP contribution in [0.25, 0.3) is 0 Å². The molecular formula is C15H30F3N5O2S. The standard InChI is InChI=1S/C15H30F3N5O2S/c1-4-5-9-22(3)12-8-20-14(19-2)21-13-6-10-23(11-7-13)26(24,25)15(16,17)18/h13H,4-12H2,1-3H3,(H2,19,20,21). The summed E-state index contributed by atoms with van der Waals surface area (Å²) in [6, 6.07) is -0.112. The normalized spacial score (nSPS) is 18.3. The molecule has 0 saturated carbocycles. The Kier molecular flexibility index (Phi) is 9.11. The average Bonchev–Trinajstić information content (AvgIpc) is 2.58. The summed E-state index contributed by atoms with van der Waals surface area (Å²) in [5, 5.41) is 6.33. The molecule has 1 aliphatic heterocycles. The van der Waals surface area contributed by atoms with E-state index in [1.165, 1.54) is 0 Å². The Morgan fingerprint density at radius 1 is 1.27 bits per heavy atom. The number of nitrogens with zero attached hydrogens (tertiary/aromatic N) is 3. The van der Waals surface area contributed by atoms with Crippen LogP contribution in [0.4, 0.5) is 13.2 Å². The third-order valence-electron chi connectivity index (χ3n) is 4.33. The SMILES string of the molecule is CCCCN(C)CCNC(=NC)NC1CCN(S(=O)(=O)C(F)(F)F)CC1. The van der Waals surface area contributed by atoms with Crippen LogP contribution < -0.4 is 10.6 Å². The van der Waals surface area contributed by atoms with Crippen LogP contribution in [0.15, 0.2) is 4.99 Å². The Morgan fingerprint density at radius 3 is 2.38 bits per heavy atom. The van der Waals surface area contributed by atoms with E-state index >= 15 is 0 Å². The van der Waals surface area contributed by atoms with E-state index < -0.39 is 15.5 Å². The van der Waals surface area contributed by atoms with Crippen molar-refractivity contribution in [2.45, 2.75) is 44.2 Å². The van der Waals surface area contributed by atoms with Gasteiger partial charge in [0.25, 0.3) is 0 Å². The van der Waals surface area contributed by atoms with Gasteiger partial charge in [-0.15, -0.1) is 0 Å². The fourth-order valence-corrected chi connectivity index (χ4v) is 3.66. The average molecular weight is 401 g/mol. The molecule has 1 rings (SSSR count). The number of sulfonamides is 1. The quantitative estimate of drug-likeness (QED) is 0.472. The lowest BCUT2D eigenvalue weighted by Crippen LogP contribution is -2.52. The van der Waals surface area contributed by atoms with Gasteiger partial charge in [-0.25, -0.2) is 8.42 Å². The van der Waals surface area contributed by atoms with Gasteiger partial charge in [0.05, 0.1) is 0 Å². The topological polar surface area (TPSA) is 77.0 Å². The first-order chi connectivity index (χ1) is 12.1. The maximum atomic E-state index is 12.6. The van der Waals surface area contributed by atoms with Gasteiger partial charge in [-0.05, 0) is 32.9 Å². The zero-order valence-electron chi connectivity index (χ0n) is 15.6. The summed E-state index contributed by atoms with van der Waals surface area (Å²) in [5.74, 6) is 0.575. The first-order valence-corrected chi connectivity index (χ1v) is 10.3. The number of nitrogens with one attached hydrogen (secondary N) is 2. The highest BCUT2D eigenvalue weighted by Crippen LogP contribution is 2.28. The Hall–Kier alpha value is -1.07. The lowest BCUT2D eigenvalue weighted by atomic mass is 10.1. The van der Waals surface area contributed by atoms with Gasteiger partial charge >= 0.3 is 15.5 Å². The van der Waals surface area contributed by atoms with E-state index in [0.717, 1.165) is 25.9 Å². The van der Waals surface area contributed by atoms with Crippen LogP contribution in [-0.2, 0) is 10.0 Å². The van der Waals surface area contributed by atoms with E-state index in [0.29, 0.717) is 29.7 Å². The van der Waals surface area contributed by atoms with Gasteiger partial charge in [0.15, 0.2) is 5.96 Å². The summed E-state index contributed by atoms with van der Waals surface area (Å²) in [7, 11) is -1.56. The number of piperidine rings is 1. The zero-order valence-corrected chi connectivity index (χ0v) is 16.5. The first kappa shape index (κ1) is 23.0. The molecular weight excluding hydrogens is 371 g/mol. The number of hydrogen-bond acceptors (Lipinski definition) is 4. The van der Waals surface area contributed by atoms with Gasteiger partial charge in [0.2, 0.25) is 0 Å². The largest absolute Gasteiger partial charge is 0.511 e. The Labute approximate surface area is 154 Å². The molecule has 1 saturated heterocycles. The van der Waals surface area contributed by atoms with E-state index in [2.05, 4.69) is 27.4 Å². The van der Waals surface area contributed by atoms with Crippen molar-refractivity contribution in [1.82, 2.24) is 19.8 Å². The molecule has 1 aliphatic rings. The second-order valence-corrected chi connectivity index (χ2v) is 8.35. The van der Waals surface area contributed by atoms with E-state index in [1.807, 2.05) is 7.05 Å². The highest BCUT2D eigenvalue weighted by atomic mass is 32.2. The van der Waals surface area contributed by atoms with Crippen molar-refractivity contribution >= 4 is 16.0 Å². The minimum Gasteiger partial charge on any atom is -0.355 e. The van der Waals surface area contributed by atoms with Gasteiger partial charge < -0.3 is 15.5 Å². The molecule has 2 N–H and O–H groups in total. The number of hydrogen-bond donors (Lipinski definition) is 2. The van der Waals surface area contributed by atoms with Crippen LogP contribution in [0, 0.1) is 0 Å². The van der Waals surface area contributed by atoms with Crippen LogP contribution in [0.5, 0.6) is 0 Å². The number of guanidine groups is 1. The molecule has 0 aromatic rings. The van der Waals surface area contributed by atoms with Crippen LogP contribution >= 0.6 is 0 Å². The van der Waals surface area contributed by atoms with Crippen molar-refractivity contribution in [2.75, 3.05) is 46.8 Å². The molecule has 0 atom stereocenters. The zero-order chi connectivity index (χ0) is 19.8. The number of rotatable bonds is 8. The van der Waals surface area contributed by atoms with Crippen molar-refractivity contribution in [3.8, 4) is 0 Å². The fraction of sp³-hybridized carbons (Fsp3) is 0.933. The minimum absolute atomic E-state index is 0.112. The molecule has 1 heterocycles. The summed E-state index contributed by atoms with van der Waals surface area (Å²) in [6.07, 6.45) is 2.88. The predicted octanol–water partition coefficient (Wildman–Crippen LogP) is 1.20. The van der Waals surface area contributed by atoms with Gasteiger partial charge in [0, 0.05) is 39.3 Å². The van der Waals surface area contributed by atoms with Crippen molar-refractivity contribution in [1.29, 1.82) is 0 Å². The number of halogens is 3. The summed E-state index contributed by atoms with van der Waals surface area (Å²) >= 11 is 0. The van der Waals surface area contributed by atoms with Crippen LogP contribution in [0.2, 0.25) is 0 Å². The number of unbranched alkanes of at least 4 members (excludes halogenated alkanes) is 1. The van der Waals surface area contributed by atoms with Crippen LogP contribution in [-0.4, -0.2) is 82.0 Å². The van der Waals surface area contributed by atoms with Gasteiger partial charge in [0.1, 0.15) is 0 Å². The molecule has 0 aromatic carbocycles. The molecule has 0 unspecified atom stereocenters. The van der Waals surface area contributed by atoms with Gasteiger partial charge in [-0.2, -0.15) is 17.5 Å². The number of alkyl halides is 3. The van der Waals surface area contributed by atoms with Crippen molar-refractivity contribution in [3.63, 3.8) is 0 Å². The van der Waals surface area contributed by atoms with Crippen LogP contribution in [0.1, 0.15) is 32.6 Å². The monoisotopic (exact) mass is 401 g/mol. The number of aliphatic imine (C=N–C) groups is 1. The van der Waals surface area contributed by atoms with Gasteiger partial charge in [-0.1, -0.05) is 13.3 Å². The van der Waals surface area contributed by atoms with Crippen molar-refractivity contribution in [3.05, 3.63) is 0 Å². The Bertz CT molecular complexity index is 546. The molecule has 0 radical (unpaired) electrons. The third kappa shape index (κ3) is 6.92. The Balaban J connectivity index is 2.39. The highest BCUT2D eigenvalue weighted by molar-refractivity contribution is 7.90. The number of likely N-dealkylation sites (N-methyl/N-ethyl adjacent to an activating group) is 1. The van der Waals surface area contributed by atoms with Crippen LogP contribution in [0.3, 0.4) is 0 Å². The third-order valence-corrected chi connectivity index (χ3v) is 5.96. The smallest absolute Gasteiger partial charge is 0.355 e. The van der Waals surface area contributed by atoms with E-state index in [-0.39, 0.29) is 19.1 Å². The fourth-order valence-electron chi connectivity index (χ4n) is 2.68. The summed E-state index contributed by atoms with van der Waals surface area (Å²) < 4.78 is 61.1. The molecule has 0 bridgehead atoms. The summed E-state index contributed by atoms with van der Waals surface area (Å²) in [6.45, 7) is 4.40. The molecule has 1 fully saturated rings. The maximum Gasteiger partial charge on any atom is 0.511 e. The molecule has 26 heavy (non-hydrogen) atoms. The lowest BCUT2D eigenvalue weighted by Gasteiger charge is -2.32. The second-order valence-electron chi connectivity index (χ2n) is 6.42. The molecule has 0 aromatic heterocycles. The minimum atomic E-state index is -5.24. The highest BCUT2D eigenvalue weighted by Gasteiger charge is 2.50. The molecule has 154 valence electrons. The molecule has 0 aliphatic carbocycles. The first-order valence-electron chi connectivity index (χ1n) is 8.84. The van der Waals surface area contributed by atoms with Gasteiger partial charge in [-0.3, -0.25) is 4.99 Å². The van der Waals surface area contributed by atoms with E-state index in [4.69, 9.17) is 0 Å². The predicted molar refractivity (Wildman–Crippen MR) is 96.5 cm³/mol. The molecule has 0 amide bonds. The maximum absolute atomic E-state index is 12.6.